The van der Waals surface area contributed by atoms with Crippen LogP contribution < -0.4 is 0 Å². The van der Waals surface area contributed by atoms with Crippen molar-refractivity contribution >= 4 is 0 Å². The predicted molar refractivity (Wildman–Crippen MR) is 44.6 cm³/mol. The number of nitrogens with zero attached hydrogens (tertiary/aromatic N) is 1. The Kier molecular flexibility index (Phi) is 2.14. The summed E-state index contributed by atoms with van der Waals surface area (Å²) in [6.45, 7) is 5.35. The average molecular weight is 155 g/mol. The lowest BCUT2D eigenvalue weighted by molar-refractivity contribution is -0.0128. The van der Waals surface area contributed by atoms with E-state index in [1.807, 2.05) is 0 Å². The van der Waals surface area contributed by atoms with Crippen LogP contribution in [0, 0.1) is 0 Å². The van der Waals surface area contributed by atoms with Crippen LogP contribution in [0.2, 0.25) is 0 Å². The molecule has 11 heavy (non-hydrogen) atoms. The van der Waals surface area contributed by atoms with Gasteiger partial charge in [0.05, 0.1) is 13.2 Å². The Labute approximate surface area is 68.5 Å². The first-order valence-electron chi connectivity index (χ1n) is 4.75. The van der Waals surface area contributed by atoms with E-state index in [4.69, 9.17) is 4.74 Å². The lowest BCUT2D eigenvalue weighted by Gasteiger charge is -2.35. The first-order chi connectivity index (χ1) is 5.42. The number of rotatable bonds is 2. The van der Waals surface area contributed by atoms with Crippen molar-refractivity contribution in [3.63, 3.8) is 0 Å². The minimum absolute atomic E-state index is 0.719. The largest absolute Gasteiger partial charge is 0.378 e. The third-order valence-corrected chi connectivity index (χ3v) is 2.76. The monoisotopic (exact) mass is 155 g/mol. The highest BCUT2D eigenvalue weighted by Gasteiger charge is 2.34. The van der Waals surface area contributed by atoms with Gasteiger partial charge < -0.3 is 4.74 Å². The maximum absolute atomic E-state index is 5.44. The first-order valence-corrected chi connectivity index (χ1v) is 4.75. The molecule has 0 radical (unpaired) electrons. The van der Waals surface area contributed by atoms with Crippen LogP contribution in [0.4, 0.5) is 0 Å². The number of hydrogen-bond acceptors (Lipinski definition) is 2. The van der Waals surface area contributed by atoms with Crippen molar-refractivity contribution < 1.29 is 4.74 Å². The van der Waals surface area contributed by atoms with Crippen molar-refractivity contribution in [2.75, 3.05) is 19.8 Å². The third-order valence-electron chi connectivity index (χ3n) is 2.76. The van der Waals surface area contributed by atoms with E-state index in [0.717, 1.165) is 25.3 Å². The minimum Gasteiger partial charge on any atom is -0.378 e. The van der Waals surface area contributed by atoms with Crippen LogP contribution in [-0.2, 0) is 4.74 Å². The Morgan fingerprint density at radius 3 is 2.91 bits per heavy atom. The van der Waals surface area contributed by atoms with Crippen molar-refractivity contribution in [3.05, 3.63) is 0 Å². The molecule has 1 saturated carbocycles. The van der Waals surface area contributed by atoms with E-state index < -0.39 is 0 Å². The zero-order chi connectivity index (χ0) is 7.68. The molecule has 2 heteroatoms. The molecule has 0 aromatic heterocycles. The Balaban J connectivity index is 1.91. The molecule has 0 aromatic carbocycles. The van der Waals surface area contributed by atoms with Crippen LogP contribution in [-0.4, -0.2) is 36.7 Å². The summed E-state index contributed by atoms with van der Waals surface area (Å²) < 4.78 is 5.44. The van der Waals surface area contributed by atoms with E-state index in [0.29, 0.717) is 0 Å². The fourth-order valence-electron chi connectivity index (χ4n) is 1.91. The van der Waals surface area contributed by atoms with E-state index in [1.165, 1.54) is 25.8 Å². The Hall–Kier alpha value is -0.0800. The Morgan fingerprint density at radius 2 is 2.27 bits per heavy atom. The molecule has 0 bridgehead atoms. The number of hydrogen-bond donors (Lipinski definition) is 0. The van der Waals surface area contributed by atoms with Crippen LogP contribution in [0.25, 0.3) is 0 Å². The molecule has 2 rings (SSSR count). The van der Waals surface area contributed by atoms with Gasteiger partial charge in [0.25, 0.3) is 0 Å². The maximum Gasteiger partial charge on any atom is 0.0622 e. The van der Waals surface area contributed by atoms with E-state index in [2.05, 4.69) is 11.8 Å². The van der Waals surface area contributed by atoms with Gasteiger partial charge >= 0.3 is 0 Å². The zero-order valence-corrected chi connectivity index (χ0v) is 7.25. The summed E-state index contributed by atoms with van der Waals surface area (Å²) in [5.74, 6) is 0. The van der Waals surface area contributed by atoms with Crippen molar-refractivity contribution in [1.82, 2.24) is 4.90 Å². The smallest absolute Gasteiger partial charge is 0.0622 e. The zero-order valence-electron chi connectivity index (χ0n) is 7.25. The van der Waals surface area contributed by atoms with Gasteiger partial charge in [0.1, 0.15) is 0 Å². The fourth-order valence-corrected chi connectivity index (χ4v) is 1.91. The molecule has 0 spiro atoms. The summed E-state index contributed by atoms with van der Waals surface area (Å²) in [5.41, 5.74) is 0. The van der Waals surface area contributed by atoms with Gasteiger partial charge in [-0.25, -0.2) is 0 Å². The summed E-state index contributed by atoms with van der Waals surface area (Å²) >= 11 is 0. The molecule has 1 aliphatic carbocycles. The molecule has 0 N–H and O–H groups in total. The van der Waals surface area contributed by atoms with Crippen molar-refractivity contribution in [1.29, 1.82) is 0 Å². The summed E-state index contributed by atoms with van der Waals surface area (Å²) in [6, 6.07) is 1.64. The molecular weight excluding hydrogens is 138 g/mol. The van der Waals surface area contributed by atoms with Crippen LogP contribution in [0.15, 0.2) is 0 Å². The Bertz CT molecular complexity index is 134. The molecule has 1 unspecified atom stereocenters. The van der Waals surface area contributed by atoms with Gasteiger partial charge in [-0.1, -0.05) is 6.92 Å². The number of ether oxygens (including phenoxy) is 1. The highest BCUT2D eigenvalue weighted by molar-refractivity contribution is 4.89. The van der Waals surface area contributed by atoms with Gasteiger partial charge in [0, 0.05) is 18.6 Å². The summed E-state index contributed by atoms with van der Waals surface area (Å²) in [6.07, 6.45) is 4.10. The lowest BCUT2D eigenvalue weighted by atomic mass is 10.2. The quantitative estimate of drug-likeness (QED) is 0.595. The van der Waals surface area contributed by atoms with Crippen LogP contribution in [0.5, 0.6) is 0 Å². The maximum atomic E-state index is 5.44. The molecular formula is C9H17NO. The van der Waals surface area contributed by atoms with E-state index >= 15 is 0 Å². The summed E-state index contributed by atoms with van der Waals surface area (Å²) in [7, 11) is 0. The van der Waals surface area contributed by atoms with E-state index in [-0.39, 0.29) is 0 Å². The van der Waals surface area contributed by atoms with Gasteiger partial charge in [-0.2, -0.15) is 0 Å². The van der Waals surface area contributed by atoms with Gasteiger partial charge in [-0.3, -0.25) is 4.90 Å². The molecule has 0 aromatic rings. The van der Waals surface area contributed by atoms with Crippen LogP contribution in [0.1, 0.15) is 26.2 Å². The van der Waals surface area contributed by atoms with Crippen molar-refractivity contribution in [2.45, 2.75) is 38.3 Å². The molecule has 1 atom stereocenters. The SMILES string of the molecule is CCC1COCCN1C1CC1. The predicted octanol–water partition coefficient (Wildman–Crippen LogP) is 1.26. The molecule has 2 nitrogen and oxygen atoms in total. The molecule has 2 aliphatic rings. The second-order valence-electron chi connectivity index (χ2n) is 3.61. The highest BCUT2D eigenvalue weighted by Crippen LogP contribution is 2.30. The van der Waals surface area contributed by atoms with Crippen LogP contribution in [0.3, 0.4) is 0 Å². The average Bonchev–Trinajstić information content (AvgIpc) is 2.87. The van der Waals surface area contributed by atoms with Crippen molar-refractivity contribution in [2.24, 2.45) is 0 Å². The van der Waals surface area contributed by atoms with E-state index in [1.54, 1.807) is 0 Å². The third kappa shape index (κ3) is 1.57. The molecule has 64 valence electrons. The van der Waals surface area contributed by atoms with Gasteiger partial charge in [0.15, 0.2) is 0 Å². The fraction of sp³-hybridized carbons (Fsp3) is 1.00. The van der Waals surface area contributed by atoms with E-state index in [9.17, 15) is 0 Å². The molecule has 1 saturated heterocycles. The van der Waals surface area contributed by atoms with Gasteiger partial charge in [-0.05, 0) is 19.3 Å². The normalized spacial score (nSPS) is 34.1. The summed E-state index contributed by atoms with van der Waals surface area (Å²) in [4.78, 5) is 2.64. The second kappa shape index (κ2) is 3.11. The minimum atomic E-state index is 0.719. The standard InChI is InChI=1S/C9H17NO/c1-2-8-7-11-6-5-10(8)9-3-4-9/h8-9H,2-7H2,1H3. The molecule has 0 amide bonds. The van der Waals surface area contributed by atoms with Gasteiger partial charge in [-0.15, -0.1) is 0 Å². The number of morpholine rings is 1. The Morgan fingerprint density at radius 1 is 1.45 bits per heavy atom. The molecule has 1 heterocycles. The highest BCUT2D eigenvalue weighted by atomic mass is 16.5. The second-order valence-corrected chi connectivity index (χ2v) is 3.61. The van der Waals surface area contributed by atoms with Crippen LogP contribution >= 0.6 is 0 Å². The van der Waals surface area contributed by atoms with Crippen molar-refractivity contribution in [3.8, 4) is 0 Å². The molecule has 1 aliphatic heterocycles. The summed E-state index contributed by atoms with van der Waals surface area (Å²) in [5, 5.41) is 0. The lowest BCUT2D eigenvalue weighted by Crippen LogP contribution is -2.46. The first kappa shape index (κ1) is 7.56. The van der Waals surface area contributed by atoms with Gasteiger partial charge in [0.2, 0.25) is 0 Å². The molecule has 2 fully saturated rings. The topological polar surface area (TPSA) is 12.5 Å².